The summed E-state index contributed by atoms with van der Waals surface area (Å²) in [7, 11) is 1.82. The van der Waals surface area contributed by atoms with Gasteiger partial charge in [-0.05, 0) is 25.3 Å². The van der Waals surface area contributed by atoms with Crippen LogP contribution in [-0.4, -0.2) is 57.4 Å². The Morgan fingerprint density at radius 2 is 2.12 bits per heavy atom. The van der Waals surface area contributed by atoms with E-state index in [9.17, 15) is 4.79 Å². The number of rotatable bonds is 7. The fraction of sp³-hybridized carbons (Fsp3) is 0.409. The fourth-order valence-corrected chi connectivity index (χ4v) is 3.98. The van der Waals surface area contributed by atoms with Gasteiger partial charge in [0.05, 0.1) is 23.6 Å². The molecule has 0 radical (unpaired) electrons. The molecule has 2 fully saturated rings. The summed E-state index contributed by atoms with van der Waals surface area (Å²) in [6, 6.07) is 6.59. The highest BCUT2D eigenvalue weighted by molar-refractivity contribution is 6.04. The van der Waals surface area contributed by atoms with Crippen LogP contribution >= 0.6 is 0 Å². The Hall–Kier alpha value is -3.71. The van der Waals surface area contributed by atoms with Crippen molar-refractivity contribution in [3.8, 4) is 11.8 Å². The highest BCUT2D eigenvalue weighted by atomic mass is 16.5. The molecule has 2 aromatic heterocycles. The van der Waals surface area contributed by atoms with Gasteiger partial charge < -0.3 is 20.3 Å². The van der Waals surface area contributed by atoms with E-state index >= 15 is 0 Å². The van der Waals surface area contributed by atoms with E-state index in [2.05, 4.69) is 30.6 Å². The number of fused-ring (bicyclic) bond motifs is 1. The highest BCUT2D eigenvalue weighted by Crippen LogP contribution is 2.30. The molecule has 32 heavy (non-hydrogen) atoms. The maximum absolute atomic E-state index is 12.8. The van der Waals surface area contributed by atoms with E-state index in [0.717, 1.165) is 30.7 Å². The third-order valence-electron chi connectivity index (χ3n) is 5.69. The Morgan fingerprint density at radius 3 is 2.88 bits per heavy atom. The first-order valence-electron chi connectivity index (χ1n) is 10.7. The summed E-state index contributed by atoms with van der Waals surface area (Å²) in [6.07, 6.45) is 8.61. The molecule has 1 aromatic carbocycles. The summed E-state index contributed by atoms with van der Waals surface area (Å²) in [5.74, 6) is 0.752. The van der Waals surface area contributed by atoms with E-state index in [4.69, 9.17) is 10.00 Å². The zero-order chi connectivity index (χ0) is 22.1. The van der Waals surface area contributed by atoms with E-state index in [-0.39, 0.29) is 12.3 Å². The van der Waals surface area contributed by atoms with Gasteiger partial charge >= 0.3 is 0 Å². The fourth-order valence-electron chi connectivity index (χ4n) is 3.98. The topological polar surface area (TPSA) is 121 Å². The summed E-state index contributed by atoms with van der Waals surface area (Å²) in [6.45, 7) is 1.69. The average Bonchev–Trinajstić information content (AvgIpc) is 3.35. The second-order valence-electron chi connectivity index (χ2n) is 8.24. The van der Waals surface area contributed by atoms with Gasteiger partial charge in [0, 0.05) is 49.9 Å². The van der Waals surface area contributed by atoms with Crippen molar-refractivity contribution >= 4 is 28.3 Å². The third-order valence-corrected chi connectivity index (χ3v) is 5.69. The van der Waals surface area contributed by atoms with Gasteiger partial charge in [-0.1, -0.05) is 0 Å². The molecule has 164 valence electrons. The molecule has 1 unspecified atom stereocenters. The Labute approximate surface area is 185 Å². The molecule has 1 saturated carbocycles. The molecule has 5 rings (SSSR count). The van der Waals surface area contributed by atoms with Gasteiger partial charge in [-0.15, -0.1) is 0 Å². The van der Waals surface area contributed by atoms with Gasteiger partial charge in [0.1, 0.15) is 23.3 Å². The number of nitriles is 1. The highest BCUT2D eigenvalue weighted by Gasteiger charge is 2.29. The predicted octanol–water partition coefficient (Wildman–Crippen LogP) is 1.85. The van der Waals surface area contributed by atoms with Crippen molar-refractivity contribution in [2.24, 2.45) is 7.05 Å². The number of aryl methyl sites for hydroxylation is 1. The number of hydrogen-bond acceptors (Lipinski definition) is 8. The predicted molar refractivity (Wildman–Crippen MR) is 119 cm³/mol. The lowest BCUT2D eigenvalue weighted by Crippen LogP contribution is -2.34. The van der Waals surface area contributed by atoms with Crippen LogP contribution in [0.2, 0.25) is 0 Å². The summed E-state index contributed by atoms with van der Waals surface area (Å²) in [5, 5.41) is 20.5. The second-order valence-corrected chi connectivity index (χ2v) is 8.24. The number of ether oxygens (including phenoxy) is 1. The Bertz CT molecular complexity index is 1180. The standard InChI is InChI=1S/C22H24N8O2/c1-29-12-14-8-18(20(32-7-5-23)9-17(14)28-29)27-22(31)19-10-25-21(11-24-19)30-6-4-16(13-30)26-15-2-3-15/h8-12,15-16,26H,2-4,6-7,13H2,1H3,(H,27,31). The first-order chi connectivity index (χ1) is 15.6. The van der Waals surface area contributed by atoms with Crippen molar-refractivity contribution in [1.82, 2.24) is 25.1 Å². The van der Waals surface area contributed by atoms with E-state index in [1.807, 2.05) is 19.3 Å². The molecular formula is C22H24N8O2. The van der Waals surface area contributed by atoms with Crippen molar-refractivity contribution in [3.63, 3.8) is 0 Å². The number of carbonyl (C=O) groups is 1. The Balaban J connectivity index is 1.29. The second kappa shape index (κ2) is 8.43. The largest absolute Gasteiger partial charge is 0.476 e. The van der Waals surface area contributed by atoms with Gasteiger partial charge in [0.25, 0.3) is 5.91 Å². The molecule has 1 aliphatic heterocycles. The van der Waals surface area contributed by atoms with Crippen LogP contribution in [0.15, 0.2) is 30.7 Å². The van der Waals surface area contributed by atoms with Crippen LogP contribution in [0.4, 0.5) is 11.5 Å². The normalized spacial score (nSPS) is 18.0. The zero-order valence-corrected chi connectivity index (χ0v) is 17.8. The number of aromatic nitrogens is 4. The van der Waals surface area contributed by atoms with Crippen molar-refractivity contribution in [2.45, 2.75) is 31.3 Å². The van der Waals surface area contributed by atoms with Crippen LogP contribution in [0.5, 0.6) is 5.75 Å². The smallest absolute Gasteiger partial charge is 0.275 e. The van der Waals surface area contributed by atoms with Crippen LogP contribution in [-0.2, 0) is 7.05 Å². The number of amides is 1. The summed E-state index contributed by atoms with van der Waals surface area (Å²) >= 11 is 0. The molecule has 2 aliphatic rings. The third kappa shape index (κ3) is 4.33. The molecule has 1 amide bonds. The average molecular weight is 432 g/mol. The minimum Gasteiger partial charge on any atom is -0.476 e. The summed E-state index contributed by atoms with van der Waals surface area (Å²) in [5.41, 5.74) is 1.37. The minimum atomic E-state index is -0.399. The summed E-state index contributed by atoms with van der Waals surface area (Å²) < 4.78 is 7.17. The number of carbonyl (C=O) groups excluding carboxylic acids is 1. The maximum atomic E-state index is 12.8. The number of anilines is 2. The number of nitrogens with one attached hydrogen (secondary N) is 2. The van der Waals surface area contributed by atoms with Crippen molar-refractivity contribution < 1.29 is 9.53 Å². The molecule has 3 aromatic rings. The van der Waals surface area contributed by atoms with Gasteiger partial charge in [0.15, 0.2) is 6.61 Å². The lowest BCUT2D eigenvalue weighted by Gasteiger charge is -2.17. The lowest BCUT2D eigenvalue weighted by atomic mass is 10.2. The molecule has 1 atom stereocenters. The molecule has 10 nitrogen and oxygen atoms in total. The minimum absolute atomic E-state index is 0.137. The van der Waals surface area contributed by atoms with Gasteiger partial charge in [0.2, 0.25) is 0 Å². The van der Waals surface area contributed by atoms with Crippen LogP contribution in [0.25, 0.3) is 10.9 Å². The number of nitrogens with zero attached hydrogens (tertiary/aromatic N) is 6. The van der Waals surface area contributed by atoms with Gasteiger partial charge in [-0.2, -0.15) is 10.4 Å². The van der Waals surface area contributed by atoms with Crippen LogP contribution in [0.3, 0.4) is 0 Å². The summed E-state index contributed by atoms with van der Waals surface area (Å²) in [4.78, 5) is 23.8. The van der Waals surface area contributed by atoms with Crippen LogP contribution in [0.1, 0.15) is 29.8 Å². The van der Waals surface area contributed by atoms with Crippen molar-refractivity contribution in [3.05, 3.63) is 36.4 Å². The first kappa shape index (κ1) is 20.2. The van der Waals surface area contributed by atoms with Crippen LogP contribution in [0, 0.1) is 11.3 Å². The maximum Gasteiger partial charge on any atom is 0.275 e. The quantitative estimate of drug-likeness (QED) is 0.580. The number of benzene rings is 1. The Morgan fingerprint density at radius 1 is 1.25 bits per heavy atom. The SMILES string of the molecule is Cn1cc2cc(NC(=O)c3cnc(N4CCC(NC5CC5)C4)cn3)c(OCC#N)cc2n1. The zero-order valence-electron chi connectivity index (χ0n) is 17.8. The first-order valence-corrected chi connectivity index (χ1v) is 10.7. The molecule has 3 heterocycles. The molecule has 1 aliphatic carbocycles. The van der Waals surface area contributed by atoms with Crippen molar-refractivity contribution in [2.75, 3.05) is 29.9 Å². The van der Waals surface area contributed by atoms with Gasteiger partial charge in [-0.3, -0.25) is 9.48 Å². The Kier molecular flexibility index (Phi) is 5.33. The molecule has 0 bridgehead atoms. The molecule has 0 spiro atoms. The van der Waals surface area contributed by atoms with E-state index in [1.165, 1.54) is 19.0 Å². The lowest BCUT2D eigenvalue weighted by molar-refractivity contribution is 0.102. The molecule has 1 saturated heterocycles. The molecule has 2 N–H and O–H groups in total. The number of hydrogen-bond donors (Lipinski definition) is 2. The van der Waals surface area contributed by atoms with E-state index < -0.39 is 5.91 Å². The van der Waals surface area contributed by atoms with Crippen molar-refractivity contribution in [1.29, 1.82) is 5.26 Å². The van der Waals surface area contributed by atoms with E-state index in [1.54, 1.807) is 23.0 Å². The monoisotopic (exact) mass is 432 g/mol. The molecular weight excluding hydrogens is 408 g/mol. The van der Waals surface area contributed by atoms with Gasteiger partial charge in [-0.25, -0.2) is 9.97 Å². The van der Waals surface area contributed by atoms with E-state index in [0.29, 0.717) is 29.0 Å². The van der Waals surface area contributed by atoms with Crippen LogP contribution < -0.4 is 20.3 Å². The molecule has 10 heteroatoms.